The zero-order valence-corrected chi connectivity index (χ0v) is 10.9. The monoisotopic (exact) mass is 254 g/mol. The Kier molecular flexibility index (Phi) is 3.97. The molecule has 1 aliphatic heterocycles. The molecule has 2 N–H and O–H groups in total. The second kappa shape index (κ2) is 5.33. The topological polar surface area (TPSA) is 29.3 Å². The van der Waals surface area contributed by atoms with Crippen LogP contribution in [0.5, 0.6) is 0 Å². The third-order valence-corrected chi connectivity index (χ3v) is 3.44. The Labute approximate surface area is 107 Å². The van der Waals surface area contributed by atoms with Crippen molar-refractivity contribution in [2.75, 3.05) is 13.1 Å². The first-order valence-corrected chi connectivity index (χ1v) is 6.44. The molecule has 0 aromatic heterocycles. The normalized spacial score (nSPS) is 25.0. The van der Waals surface area contributed by atoms with Gasteiger partial charge in [0.15, 0.2) is 0 Å². The van der Waals surface area contributed by atoms with E-state index in [0.717, 1.165) is 19.5 Å². The maximum atomic E-state index is 13.9. The molecule has 2 nitrogen and oxygen atoms in total. The quantitative estimate of drug-likeness (QED) is 0.898. The molecule has 1 saturated heterocycles. The van der Waals surface area contributed by atoms with E-state index in [-0.39, 0.29) is 17.6 Å². The Balaban J connectivity index is 2.34. The number of rotatable bonds is 3. The zero-order valence-electron chi connectivity index (χ0n) is 10.9. The number of hydrogen-bond donors (Lipinski definition) is 1. The molecule has 2 unspecified atom stereocenters. The smallest absolute Gasteiger partial charge is 0.130 e. The van der Waals surface area contributed by atoms with Gasteiger partial charge >= 0.3 is 0 Å². The summed E-state index contributed by atoms with van der Waals surface area (Å²) in [6, 6.07) is 3.46. The van der Waals surface area contributed by atoms with Gasteiger partial charge in [0.05, 0.1) is 6.04 Å². The molecule has 2 rings (SSSR count). The van der Waals surface area contributed by atoms with Gasteiger partial charge in [-0.05, 0) is 24.5 Å². The molecule has 0 radical (unpaired) electrons. The van der Waals surface area contributed by atoms with Gasteiger partial charge in [-0.2, -0.15) is 0 Å². The minimum Gasteiger partial charge on any atom is -0.326 e. The predicted molar refractivity (Wildman–Crippen MR) is 68.1 cm³/mol. The lowest BCUT2D eigenvalue weighted by molar-refractivity contribution is 0.212. The highest BCUT2D eigenvalue weighted by Crippen LogP contribution is 2.34. The molecule has 1 heterocycles. The minimum absolute atomic E-state index is 0.128. The van der Waals surface area contributed by atoms with Gasteiger partial charge < -0.3 is 5.73 Å². The van der Waals surface area contributed by atoms with Gasteiger partial charge in [0.2, 0.25) is 0 Å². The van der Waals surface area contributed by atoms with Crippen LogP contribution in [-0.2, 0) is 0 Å². The number of benzene rings is 1. The standard InChI is InChI=1S/C14H20F2N2/c1-9(2)8-18-7-6-12(17)14(18)13-10(15)4-3-5-11(13)16/h3-5,9,12,14H,6-8,17H2,1-2H3. The van der Waals surface area contributed by atoms with E-state index in [0.29, 0.717) is 5.92 Å². The summed E-state index contributed by atoms with van der Waals surface area (Å²) >= 11 is 0. The van der Waals surface area contributed by atoms with Gasteiger partial charge in [0, 0.05) is 24.7 Å². The highest BCUT2D eigenvalue weighted by atomic mass is 19.1. The summed E-state index contributed by atoms with van der Waals surface area (Å²) in [6.45, 7) is 5.81. The second-order valence-corrected chi connectivity index (χ2v) is 5.42. The van der Waals surface area contributed by atoms with E-state index < -0.39 is 11.6 Å². The first-order chi connectivity index (χ1) is 8.50. The van der Waals surface area contributed by atoms with Crippen LogP contribution in [0.15, 0.2) is 18.2 Å². The molecule has 1 aliphatic rings. The Bertz CT molecular complexity index is 400. The second-order valence-electron chi connectivity index (χ2n) is 5.42. The lowest BCUT2D eigenvalue weighted by Gasteiger charge is -2.29. The molecule has 0 spiro atoms. The first-order valence-electron chi connectivity index (χ1n) is 6.44. The lowest BCUT2D eigenvalue weighted by Crippen LogP contribution is -2.35. The summed E-state index contributed by atoms with van der Waals surface area (Å²) in [7, 11) is 0. The van der Waals surface area contributed by atoms with Crippen molar-refractivity contribution in [3.05, 3.63) is 35.4 Å². The van der Waals surface area contributed by atoms with E-state index in [9.17, 15) is 8.78 Å². The molecule has 0 aliphatic carbocycles. The fraction of sp³-hybridized carbons (Fsp3) is 0.571. The Hall–Kier alpha value is -1.00. The summed E-state index contributed by atoms with van der Waals surface area (Å²) < 4.78 is 27.7. The van der Waals surface area contributed by atoms with Crippen molar-refractivity contribution < 1.29 is 8.78 Å². The average molecular weight is 254 g/mol. The Morgan fingerprint density at radius 2 is 1.94 bits per heavy atom. The summed E-state index contributed by atoms with van der Waals surface area (Å²) in [4.78, 5) is 2.09. The number of likely N-dealkylation sites (tertiary alicyclic amines) is 1. The molecule has 0 amide bonds. The fourth-order valence-corrected chi connectivity index (χ4v) is 2.75. The molecule has 4 heteroatoms. The molecule has 100 valence electrons. The number of nitrogens with two attached hydrogens (primary N) is 1. The maximum Gasteiger partial charge on any atom is 0.130 e. The first kappa shape index (κ1) is 13.4. The molecular formula is C14H20F2N2. The molecule has 2 atom stereocenters. The third-order valence-electron chi connectivity index (χ3n) is 3.44. The van der Waals surface area contributed by atoms with Crippen LogP contribution in [0.2, 0.25) is 0 Å². The van der Waals surface area contributed by atoms with E-state index in [1.54, 1.807) is 0 Å². The van der Waals surface area contributed by atoms with E-state index in [1.165, 1.54) is 18.2 Å². The molecule has 0 saturated carbocycles. The Morgan fingerprint density at radius 3 is 2.50 bits per heavy atom. The summed E-state index contributed by atoms with van der Waals surface area (Å²) in [5, 5.41) is 0. The van der Waals surface area contributed by atoms with Gasteiger partial charge in [-0.25, -0.2) is 8.78 Å². The van der Waals surface area contributed by atoms with Crippen LogP contribution in [0.1, 0.15) is 31.9 Å². The molecule has 0 bridgehead atoms. The Morgan fingerprint density at radius 1 is 1.33 bits per heavy atom. The van der Waals surface area contributed by atoms with Gasteiger partial charge in [0.25, 0.3) is 0 Å². The van der Waals surface area contributed by atoms with E-state index in [2.05, 4.69) is 18.7 Å². The average Bonchev–Trinajstić information content (AvgIpc) is 2.60. The number of halogens is 2. The molecule has 1 fully saturated rings. The van der Waals surface area contributed by atoms with Crippen molar-refractivity contribution in [2.24, 2.45) is 11.7 Å². The van der Waals surface area contributed by atoms with Crippen molar-refractivity contribution in [3.63, 3.8) is 0 Å². The summed E-state index contributed by atoms with van der Waals surface area (Å²) in [6.07, 6.45) is 0.783. The lowest BCUT2D eigenvalue weighted by atomic mass is 9.99. The van der Waals surface area contributed by atoms with Gasteiger partial charge in [0.1, 0.15) is 11.6 Å². The summed E-state index contributed by atoms with van der Waals surface area (Å²) in [5.74, 6) is -0.537. The third kappa shape index (κ3) is 2.54. The van der Waals surface area contributed by atoms with Crippen LogP contribution in [0.25, 0.3) is 0 Å². The molecule has 18 heavy (non-hydrogen) atoms. The van der Waals surface area contributed by atoms with Crippen LogP contribution >= 0.6 is 0 Å². The summed E-state index contributed by atoms with van der Waals surface area (Å²) in [5.41, 5.74) is 6.17. The van der Waals surface area contributed by atoms with Crippen molar-refractivity contribution in [2.45, 2.75) is 32.4 Å². The maximum absolute atomic E-state index is 13.9. The van der Waals surface area contributed by atoms with Crippen LogP contribution in [0.4, 0.5) is 8.78 Å². The molecule has 1 aromatic rings. The number of nitrogens with zero attached hydrogens (tertiary/aromatic N) is 1. The van der Waals surface area contributed by atoms with Gasteiger partial charge in [-0.1, -0.05) is 19.9 Å². The number of hydrogen-bond acceptors (Lipinski definition) is 2. The van der Waals surface area contributed by atoms with Crippen molar-refractivity contribution >= 4 is 0 Å². The van der Waals surface area contributed by atoms with Crippen molar-refractivity contribution in [1.29, 1.82) is 0 Å². The highest BCUT2D eigenvalue weighted by molar-refractivity contribution is 5.26. The highest BCUT2D eigenvalue weighted by Gasteiger charge is 2.36. The van der Waals surface area contributed by atoms with E-state index in [4.69, 9.17) is 5.73 Å². The van der Waals surface area contributed by atoms with Gasteiger partial charge in [-0.15, -0.1) is 0 Å². The van der Waals surface area contributed by atoms with E-state index in [1.807, 2.05) is 0 Å². The molecular weight excluding hydrogens is 234 g/mol. The van der Waals surface area contributed by atoms with E-state index >= 15 is 0 Å². The predicted octanol–water partition coefficient (Wildman–Crippen LogP) is 2.69. The largest absolute Gasteiger partial charge is 0.326 e. The van der Waals surface area contributed by atoms with Crippen LogP contribution in [0.3, 0.4) is 0 Å². The van der Waals surface area contributed by atoms with Crippen LogP contribution in [0, 0.1) is 17.6 Å². The van der Waals surface area contributed by atoms with Crippen LogP contribution in [-0.4, -0.2) is 24.0 Å². The van der Waals surface area contributed by atoms with Gasteiger partial charge in [-0.3, -0.25) is 4.90 Å². The molecule has 1 aromatic carbocycles. The SMILES string of the molecule is CC(C)CN1CCC(N)C1c1c(F)cccc1F. The minimum atomic E-state index is -0.494. The van der Waals surface area contributed by atoms with Crippen molar-refractivity contribution in [1.82, 2.24) is 4.90 Å². The zero-order chi connectivity index (χ0) is 13.3. The van der Waals surface area contributed by atoms with Crippen molar-refractivity contribution in [3.8, 4) is 0 Å². The fourth-order valence-electron chi connectivity index (χ4n) is 2.75. The van der Waals surface area contributed by atoms with Crippen LogP contribution < -0.4 is 5.73 Å².